The van der Waals surface area contributed by atoms with E-state index in [2.05, 4.69) is 33.5 Å². The number of benzene rings is 2. The van der Waals surface area contributed by atoms with E-state index in [0.717, 1.165) is 51.3 Å². The lowest BCUT2D eigenvalue weighted by Gasteiger charge is -2.36. The van der Waals surface area contributed by atoms with E-state index in [4.69, 9.17) is 23.7 Å². The molecule has 11 heteroatoms. The van der Waals surface area contributed by atoms with E-state index >= 15 is 0 Å². The first-order valence-electron chi connectivity index (χ1n) is 15.4. The van der Waals surface area contributed by atoms with Crippen LogP contribution in [-0.2, 0) is 9.59 Å². The van der Waals surface area contributed by atoms with Crippen molar-refractivity contribution in [2.45, 2.75) is 13.3 Å². The van der Waals surface area contributed by atoms with Crippen molar-refractivity contribution in [1.82, 2.24) is 19.6 Å². The Balaban J connectivity index is 1.17. The predicted molar refractivity (Wildman–Crippen MR) is 175 cm³/mol. The van der Waals surface area contributed by atoms with E-state index in [9.17, 15) is 9.59 Å². The monoisotopic (exact) mass is 632 g/mol. The number of rotatable bonds is 9. The first kappa shape index (κ1) is 34.3. The molecule has 0 atom stereocenters. The van der Waals surface area contributed by atoms with Crippen molar-refractivity contribution >= 4 is 11.8 Å². The molecule has 0 N–H and O–H groups in total. The summed E-state index contributed by atoms with van der Waals surface area (Å²) in [6, 6.07) is 7.10. The molecule has 2 aliphatic heterocycles. The predicted octanol–water partition coefficient (Wildman–Crippen LogP) is 2.12. The average Bonchev–Trinajstić information content (AvgIpc) is 3.09. The summed E-state index contributed by atoms with van der Waals surface area (Å²) in [5.74, 6) is 13.9. The summed E-state index contributed by atoms with van der Waals surface area (Å²) in [6.07, 6.45) is 1.03. The minimum atomic E-state index is -0.191. The van der Waals surface area contributed by atoms with E-state index in [1.54, 1.807) is 52.6 Å². The molecule has 11 nitrogen and oxygen atoms in total. The molecule has 0 aromatic heterocycles. The third-order valence-corrected chi connectivity index (χ3v) is 8.31. The topological polar surface area (TPSA) is 93.3 Å². The van der Waals surface area contributed by atoms with E-state index in [1.807, 2.05) is 24.0 Å². The van der Waals surface area contributed by atoms with Crippen LogP contribution in [0.3, 0.4) is 0 Å². The number of methoxy groups -OCH3 is 5. The molecular weight excluding hydrogens is 588 g/mol. The number of carbonyl (C=O) groups is 2. The van der Waals surface area contributed by atoms with Crippen LogP contribution in [0.2, 0.25) is 0 Å². The number of amides is 2. The third kappa shape index (κ3) is 8.78. The van der Waals surface area contributed by atoms with E-state index in [-0.39, 0.29) is 11.8 Å². The molecule has 0 spiro atoms. The maximum atomic E-state index is 12.8. The number of hydrogen-bond acceptors (Lipinski definition) is 9. The third-order valence-electron chi connectivity index (χ3n) is 8.31. The van der Waals surface area contributed by atoms with Gasteiger partial charge in [-0.25, -0.2) is 0 Å². The Hall–Kier alpha value is -4.58. The van der Waals surface area contributed by atoms with E-state index in [1.165, 1.54) is 0 Å². The Morgan fingerprint density at radius 1 is 0.587 bits per heavy atom. The van der Waals surface area contributed by atoms with Crippen LogP contribution >= 0.6 is 0 Å². The lowest BCUT2D eigenvalue weighted by Crippen LogP contribution is -2.50. The fourth-order valence-corrected chi connectivity index (χ4v) is 5.59. The summed E-state index contributed by atoms with van der Waals surface area (Å²) in [6.45, 7) is 9.75. The van der Waals surface area contributed by atoms with Crippen LogP contribution in [-0.4, -0.2) is 132 Å². The molecule has 0 radical (unpaired) electrons. The van der Waals surface area contributed by atoms with Gasteiger partial charge in [-0.1, -0.05) is 11.8 Å². The Morgan fingerprint density at radius 2 is 0.957 bits per heavy atom. The molecule has 0 saturated carbocycles. The van der Waals surface area contributed by atoms with Gasteiger partial charge in [-0.3, -0.25) is 19.4 Å². The van der Waals surface area contributed by atoms with Gasteiger partial charge in [-0.05, 0) is 50.7 Å². The standard InChI is InChI=1S/C35H44N4O7/c1-26-29(42-2)22-27(23-30(26)43-3)8-10-33(40)38-18-14-36(15-19-38)12-7-13-37-16-20-39(21-17-37)34(41)11-9-28-24-31(44-4)35(46-6)32(25-28)45-5/h22-25H,7,12-21H2,1-6H3. The smallest absolute Gasteiger partial charge is 0.298 e. The zero-order valence-electron chi connectivity index (χ0n) is 27.7. The second-order valence-electron chi connectivity index (χ2n) is 11.0. The average molecular weight is 633 g/mol. The van der Waals surface area contributed by atoms with Gasteiger partial charge in [0.2, 0.25) is 5.75 Å². The fraction of sp³-hybridized carbons (Fsp3) is 0.486. The van der Waals surface area contributed by atoms with Crippen molar-refractivity contribution in [3.8, 4) is 52.4 Å². The van der Waals surface area contributed by atoms with Crippen LogP contribution in [0.4, 0.5) is 0 Å². The molecule has 4 rings (SSSR count). The van der Waals surface area contributed by atoms with Crippen LogP contribution < -0.4 is 23.7 Å². The van der Waals surface area contributed by atoms with Crippen molar-refractivity contribution in [3.63, 3.8) is 0 Å². The number of nitrogens with zero attached hydrogens (tertiary/aromatic N) is 4. The van der Waals surface area contributed by atoms with Crippen LogP contribution in [0.5, 0.6) is 28.7 Å². The lowest BCUT2D eigenvalue weighted by atomic mass is 10.1. The van der Waals surface area contributed by atoms with Crippen LogP contribution in [0.15, 0.2) is 24.3 Å². The van der Waals surface area contributed by atoms with Gasteiger partial charge in [-0.15, -0.1) is 0 Å². The Bertz CT molecular complexity index is 1450. The first-order chi connectivity index (χ1) is 22.3. The molecule has 2 aromatic rings. The summed E-state index contributed by atoms with van der Waals surface area (Å²) in [4.78, 5) is 33.9. The van der Waals surface area contributed by atoms with Crippen molar-refractivity contribution in [1.29, 1.82) is 0 Å². The summed E-state index contributed by atoms with van der Waals surface area (Å²) in [5.41, 5.74) is 2.19. The molecular formula is C35H44N4O7. The summed E-state index contributed by atoms with van der Waals surface area (Å²) < 4.78 is 26.9. The largest absolute Gasteiger partial charge is 0.496 e. The number of ether oxygens (including phenoxy) is 5. The number of carbonyl (C=O) groups excluding carboxylic acids is 2. The summed E-state index contributed by atoms with van der Waals surface area (Å²) in [5, 5.41) is 0. The zero-order chi connectivity index (χ0) is 33.1. The molecule has 2 heterocycles. The normalized spacial score (nSPS) is 15.2. The molecule has 2 aliphatic rings. The van der Waals surface area contributed by atoms with E-state index < -0.39 is 0 Å². The maximum Gasteiger partial charge on any atom is 0.298 e. The van der Waals surface area contributed by atoms with Gasteiger partial charge < -0.3 is 33.5 Å². The van der Waals surface area contributed by atoms with Gasteiger partial charge in [0.15, 0.2) is 11.5 Å². The van der Waals surface area contributed by atoms with Gasteiger partial charge >= 0.3 is 0 Å². The highest BCUT2D eigenvalue weighted by Crippen LogP contribution is 2.38. The molecule has 2 aromatic carbocycles. The van der Waals surface area contributed by atoms with Gasteiger partial charge in [0.05, 0.1) is 35.5 Å². The highest BCUT2D eigenvalue weighted by Gasteiger charge is 2.22. The SMILES string of the molecule is COc1cc(C#CC(=O)N2CCN(CCCN3CCN(C(=O)C#Cc4cc(OC)c(OC)c(OC)c4)CC3)CC2)cc(OC)c1C. The highest BCUT2D eigenvalue weighted by atomic mass is 16.5. The molecule has 0 aliphatic carbocycles. The first-order valence-corrected chi connectivity index (χ1v) is 15.4. The van der Waals surface area contributed by atoms with Gasteiger partial charge in [-0.2, -0.15) is 0 Å². The zero-order valence-corrected chi connectivity index (χ0v) is 27.7. The second-order valence-corrected chi connectivity index (χ2v) is 11.0. The van der Waals surface area contributed by atoms with Crippen molar-refractivity contribution < 1.29 is 33.3 Å². The fourth-order valence-electron chi connectivity index (χ4n) is 5.59. The molecule has 2 saturated heterocycles. The molecule has 46 heavy (non-hydrogen) atoms. The minimum absolute atomic E-state index is 0.168. The molecule has 2 amide bonds. The number of hydrogen-bond donors (Lipinski definition) is 0. The minimum Gasteiger partial charge on any atom is -0.496 e. The van der Waals surface area contributed by atoms with Crippen molar-refractivity contribution in [2.24, 2.45) is 0 Å². The van der Waals surface area contributed by atoms with Gasteiger partial charge in [0.1, 0.15) is 11.5 Å². The van der Waals surface area contributed by atoms with Crippen LogP contribution in [0.1, 0.15) is 23.1 Å². The number of piperazine rings is 2. The Kier molecular flexibility index (Phi) is 12.4. The molecule has 2 fully saturated rings. The van der Waals surface area contributed by atoms with Crippen LogP contribution in [0.25, 0.3) is 0 Å². The van der Waals surface area contributed by atoms with Crippen molar-refractivity contribution in [2.75, 3.05) is 101 Å². The molecule has 246 valence electrons. The van der Waals surface area contributed by atoms with Gasteiger partial charge in [0.25, 0.3) is 11.8 Å². The van der Waals surface area contributed by atoms with Crippen LogP contribution in [0, 0.1) is 30.6 Å². The Labute approximate surface area is 272 Å². The van der Waals surface area contributed by atoms with Gasteiger partial charge in [0, 0.05) is 80.9 Å². The lowest BCUT2D eigenvalue weighted by molar-refractivity contribution is -0.127. The molecule has 0 bridgehead atoms. The summed E-state index contributed by atoms with van der Waals surface area (Å²) in [7, 11) is 7.84. The highest BCUT2D eigenvalue weighted by molar-refractivity contribution is 5.94. The Morgan fingerprint density at radius 3 is 1.30 bits per heavy atom. The quantitative estimate of drug-likeness (QED) is 0.386. The van der Waals surface area contributed by atoms with Crippen molar-refractivity contribution in [3.05, 3.63) is 41.0 Å². The van der Waals surface area contributed by atoms with E-state index in [0.29, 0.717) is 66.1 Å². The summed E-state index contributed by atoms with van der Waals surface area (Å²) >= 11 is 0. The maximum absolute atomic E-state index is 12.8. The molecule has 0 unspecified atom stereocenters. The second kappa shape index (κ2) is 16.6.